The zero-order valence-electron chi connectivity index (χ0n) is 6.60. The van der Waals surface area contributed by atoms with Crippen LogP contribution in [0.3, 0.4) is 0 Å². The number of hydrogen-bond acceptors (Lipinski definition) is 3. The standard InChI is InChI=1S/C8H8N2O2/c1-7(10(11)12)9-8-5-3-2-4-6-8/h2-6H,1H3. The van der Waals surface area contributed by atoms with Gasteiger partial charge in [0.15, 0.2) is 5.69 Å². The molecule has 0 aliphatic heterocycles. The van der Waals surface area contributed by atoms with Crippen molar-refractivity contribution in [3.8, 4) is 0 Å². The van der Waals surface area contributed by atoms with Crippen molar-refractivity contribution in [1.29, 1.82) is 0 Å². The number of nitrogens with zero attached hydrogens (tertiary/aromatic N) is 2. The van der Waals surface area contributed by atoms with E-state index in [-0.39, 0.29) is 5.84 Å². The highest BCUT2D eigenvalue weighted by molar-refractivity contribution is 5.74. The second-order valence-corrected chi connectivity index (χ2v) is 2.25. The fourth-order valence-electron chi connectivity index (χ4n) is 0.730. The zero-order chi connectivity index (χ0) is 8.97. The van der Waals surface area contributed by atoms with Crippen molar-refractivity contribution in [2.24, 2.45) is 4.99 Å². The van der Waals surface area contributed by atoms with Crippen molar-refractivity contribution in [1.82, 2.24) is 0 Å². The third-order valence-corrected chi connectivity index (χ3v) is 1.31. The van der Waals surface area contributed by atoms with Crippen molar-refractivity contribution in [2.75, 3.05) is 0 Å². The molecule has 62 valence electrons. The summed E-state index contributed by atoms with van der Waals surface area (Å²) in [6, 6.07) is 8.83. The second kappa shape index (κ2) is 3.61. The van der Waals surface area contributed by atoms with Crippen LogP contribution in [0.5, 0.6) is 0 Å². The van der Waals surface area contributed by atoms with E-state index in [9.17, 15) is 10.1 Å². The number of aliphatic imine (C=N–C) groups is 1. The minimum absolute atomic E-state index is 0.0961. The van der Waals surface area contributed by atoms with E-state index in [4.69, 9.17) is 0 Å². The molecule has 0 heterocycles. The number of nitro groups is 1. The lowest BCUT2D eigenvalue weighted by atomic mass is 10.3. The van der Waals surface area contributed by atoms with Crippen LogP contribution < -0.4 is 0 Å². The highest BCUT2D eigenvalue weighted by atomic mass is 16.6. The van der Waals surface area contributed by atoms with Gasteiger partial charge >= 0.3 is 5.84 Å². The van der Waals surface area contributed by atoms with Gasteiger partial charge in [0.2, 0.25) is 0 Å². The predicted molar refractivity (Wildman–Crippen MR) is 46.2 cm³/mol. The van der Waals surface area contributed by atoms with Gasteiger partial charge in [-0.05, 0) is 22.0 Å². The van der Waals surface area contributed by atoms with E-state index in [2.05, 4.69) is 4.99 Å². The molecule has 0 aromatic heterocycles. The van der Waals surface area contributed by atoms with Crippen molar-refractivity contribution >= 4 is 11.5 Å². The fourth-order valence-corrected chi connectivity index (χ4v) is 0.730. The van der Waals surface area contributed by atoms with E-state index < -0.39 is 4.92 Å². The fraction of sp³-hybridized carbons (Fsp3) is 0.125. The summed E-state index contributed by atoms with van der Waals surface area (Å²) in [6.45, 7) is 1.37. The van der Waals surface area contributed by atoms with Crippen LogP contribution in [0.4, 0.5) is 5.69 Å². The minimum Gasteiger partial charge on any atom is -0.358 e. The maximum absolute atomic E-state index is 10.2. The Bertz CT molecular complexity index is 306. The molecular formula is C8H8N2O2. The molecule has 0 saturated carbocycles. The first-order valence-corrected chi connectivity index (χ1v) is 3.45. The first kappa shape index (κ1) is 8.39. The average molecular weight is 164 g/mol. The summed E-state index contributed by atoms with van der Waals surface area (Å²) in [6.07, 6.45) is 0. The first-order valence-electron chi connectivity index (χ1n) is 3.45. The predicted octanol–water partition coefficient (Wildman–Crippen LogP) is 2.01. The molecule has 0 amide bonds. The lowest BCUT2D eigenvalue weighted by Crippen LogP contribution is -2.05. The Kier molecular flexibility index (Phi) is 2.53. The van der Waals surface area contributed by atoms with Crippen LogP contribution in [-0.2, 0) is 0 Å². The third-order valence-electron chi connectivity index (χ3n) is 1.31. The Morgan fingerprint density at radius 2 is 2.00 bits per heavy atom. The summed E-state index contributed by atoms with van der Waals surface area (Å²) in [5.74, 6) is -0.0961. The van der Waals surface area contributed by atoms with Gasteiger partial charge in [0, 0.05) is 6.92 Å². The van der Waals surface area contributed by atoms with Crippen LogP contribution in [0.25, 0.3) is 0 Å². The van der Waals surface area contributed by atoms with Crippen LogP contribution in [0.2, 0.25) is 0 Å². The molecule has 12 heavy (non-hydrogen) atoms. The SMILES string of the molecule is CC(=Nc1ccccc1)[N+](=O)[O-]. The Balaban J connectivity index is 2.89. The van der Waals surface area contributed by atoms with Gasteiger partial charge in [-0.25, -0.2) is 0 Å². The average Bonchev–Trinajstić information content (AvgIpc) is 2.06. The maximum atomic E-state index is 10.2. The van der Waals surface area contributed by atoms with E-state index >= 15 is 0 Å². The largest absolute Gasteiger partial charge is 0.358 e. The van der Waals surface area contributed by atoms with Crippen LogP contribution in [0.15, 0.2) is 35.3 Å². The van der Waals surface area contributed by atoms with Gasteiger partial charge in [-0.15, -0.1) is 0 Å². The number of rotatable bonds is 1. The molecular weight excluding hydrogens is 156 g/mol. The molecule has 4 heteroatoms. The summed E-state index contributed by atoms with van der Waals surface area (Å²) >= 11 is 0. The Morgan fingerprint density at radius 1 is 1.42 bits per heavy atom. The summed E-state index contributed by atoms with van der Waals surface area (Å²) in [7, 11) is 0. The van der Waals surface area contributed by atoms with Crippen molar-refractivity contribution in [3.63, 3.8) is 0 Å². The minimum atomic E-state index is -0.507. The van der Waals surface area contributed by atoms with Gasteiger partial charge in [-0.3, -0.25) is 0 Å². The third kappa shape index (κ3) is 2.16. The Hall–Kier alpha value is -1.71. The summed E-state index contributed by atoms with van der Waals surface area (Å²) in [4.78, 5) is 13.4. The molecule has 0 bridgehead atoms. The van der Waals surface area contributed by atoms with Gasteiger partial charge in [-0.1, -0.05) is 18.2 Å². The molecule has 0 spiro atoms. The molecule has 0 fully saturated rings. The van der Waals surface area contributed by atoms with E-state index in [0.29, 0.717) is 5.69 Å². The summed E-state index contributed by atoms with van der Waals surface area (Å²) in [5, 5.41) is 10.2. The molecule has 0 N–H and O–H groups in total. The van der Waals surface area contributed by atoms with Crippen LogP contribution in [0.1, 0.15) is 6.92 Å². The molecule has 0 atom stereocenters. The van der Waals surface area contributed by atoms with Gasteiger partial charge in [0.1, 0.15) is 0 Å². The van der Waals surface area contributed by atoms with Crippen molar-refractivity contribution < 1.29 is 4.92 Å². The van der Waals surface area contributed by atoms with Crippen molar-refractivity contribution in [3.05, 3.63) is 40.4 Å². The lowest BCUT2D eigenvalue weighted by Gasteiger charge is -1.89. The van der Waals surface area contributed by atoms with Gasteiger partial charge in [0.25, 0.3) is 0 Å². The number of benzene rings is 1. The topological polar surface area (TPSA) is 55.5 Å². The van der Waals surface area contributed by atoms with E-state index in [1.807, 2.05) is 6.07 Å². The Morgan fingerprint density at radius 3 is 2.50 bits per heavy atom. The van der Waals surface area contributed by atoms with Gasteiger partial charge < -0.3 is 10.1 Å². The molecule has 1 aromatic rings. The number of hydrogen-bond donors (Lipinski definition) is 0. The van der Waals surface area contributed by atoms with E-state index in [1.165, 1.54) is 6.92 Å². The lowest BCUT2D eigenvalue weighted by molar-refractivity contribution is -0.351. The molecule has 4 nitrogen and oxygen atoms in total. The highest BCUT2D eigenvalue weighted by Gasteiger charge is 2.03. The summed E-state index contributed by atoms with van der Waals surface area (Å²) in [5.41, 5.74) is 0.603. The van der Waals surface area contributed by atoms with Crippen LogP contribution in [-0.4, -0.2) is 10.8 Å². The smallest absolute Gasteiger partial charge is 0.336 e. The van der Waals surface area contributed by atoms with Gasteiger partial charge in [0.05, 0.1) is 0 Å². The molecule has 1 aromatic carbocycles. The molecule has 0 unspecified atom stereocenters. The monoisotopic (exact) mass is 164 g/mol. The molecule has 0 radical (unpaired) electrons. The highest BCUT2D eigenvalue weighted by Crippen LogP contribution is 2.09. The normalized spacial score (nSPS) is 11.2. The zero-order valence-corrected chi connectivity index (χ0v) is 6.60. The molecule has 0 aliphatic rings. The first-order chi connectivity index (χ1) is 5.70. The van der Waals surface area contributed by atoms with E-state index in [1.54, 1.807) is 24.3 Å². The molecule has 1 rings (SSSR count). The maximum Gasteiger partial charge on any atom is 0.336 e. The Labute approximate surface area is 69.7 Å². The van der Waals surface area contributed by atoms with Crippen molar-refractivity contribution in [2.45, 2.75) is 6.92 Å². The molecule has 0 saturated heterocycles. The van der Waals surface area contributed by atoms with E-state index in [0.717, 1.165) is 0 Å². The molecule has 0 aliphatic carbocycles. The quantitative estimate of drug-likeness (QED) is 0.276. The van der Waals surface area contributed by atoms with Crippen LogP contribution >= 0.6 is 0 Å². The second-order valence-electron chi connectivity index (χ2n) is 2.25. The van der Waals surface area contributed by atoms with Gasteiger partial charge in [-0.2, -0.15) is 0 Å². The number of para-hydroxylation sites is 1. The van der Waals surface area contributed by atoms with Crippen LogP contribution in [0, 0.1) is 10.1 Å². The summed E-state index contributed by atoms with van der Waals surface area (Å²) < 4.78 is 0. The number of amidine groups is 1.